The van der Waals surface area contributed by atoms with Crippen molar-refractivity contribution in [2.24, 2.45) is 5.92 Å². The molecule has 0 N–H and O–H groups in total. The van der Waals surface area contributed by atoms with Crippen molar-refractivity contribution in [3.63, 3.8) is 0 Å². The van der Waals surface area contributed by atoms with Gasteiger partial charge in [-0.15, -0.1) is 0 Å². The summed E-state index contributed by atoms with van der Waals surface area (Å²) in [4.78, 5) is 13.6. The van der Waals surface area contributed by atoms with Crippen molar-refractivity contribution in [3.8, 4) is 0 Å². The van der Waals surface area contributed by atoms with Crippen molar-refractivity contribution < 1.29 is 4.79 Å². The minimum absolute atomic E-state index is 0.274. The van der Waals surface area contributed by atoms with E-state index in [4.69, 9.17) is 0 Å². The summed E-state index contributed by atoms with van der Waals surface area (Å²) in [7, 11) is 1.89. The van der Waals surface area contributed by atoms with Crippen molar-refractivity contribution in [2.75, 3.05) is 20.1 Å². The van der Waals surface area contributed by atoms with Crippen LogP contribution in [0, 0.1) is 5.92 Å². The van der Waals surface area contributed by atoms with E-state index >= 15 is 0 Å². The van der Waals surface area contributed by atoms with Crippen molar-refractivity contribution in [1.82, 2.24) is 10.2 Å². The molecule has 15 heavy (non-hydrogen) atoms. The van der Waals surface area contributed by atoms with Crippen molar-refractivity contribution in [1.29, 1.82) is 0 Å². The van der Waals surface area contributed by atoms with Crippen LogP contribution >= 0.6 is 0 Å². The molecule has 1 aliphatic heterocycles. The van der Waals surface area contributed by atoms with Crippen LogP contribution < -0.4 is 5.32 Å². The van der Waals surface area contributed by atoms with Crippen molar-refractivity contribution in [2.45, 2.75) is 45.6 Å². The Hall–Kier alpha value is -0.570. The number of hydrogen-bond donors (Lipinski definition) is 0. The highest BCUT2D eigenvalue weighted by molar-refractivity contribution is 5.76. The molecule has 3 heteroatoms. The fourth-order valence-electron chi connectivity index (χ4n) is 1.88. The van der Waals surface area contributed by atoms with Crippen molar-refractivity contribution in [3.05, 3.63) is 0 Å². The molecular weight excluding hydrogens is 188 g/mol. The van der Waals surface area contributed by atoms with Crippen LogP contribution in [0.2, 0.25) is 0 Å². The molecule has 1 fully saturated rings. The Morgan fingerprint density at radius 3 is 2.80 bits per heavy atom. The molecule has 1 radical (unpaired) electrons. The van der Waals surface area contributed by atoms with Crippen molar-refractivity contribution >= 4 is 5.91 Å². The van der Waals surface area contributed by atoms with E-state index in [1.165, 1.54) is 12.8 Å². The Morgan fingerprint density at radius 2 is 2.27 bits per heavy atom. The first kappa shape index (κ1) is 12.5. The molecule has 0 bridgehead atoms. The summed E-state index contributed by atoms with van der Waals surface area (Å²) < 4.78 is 0. The second kappa shape index (κ2) is 6.11. The van der Waals surface area contributed by atoms with E-state index in [-0.39, 0.29) is 5.91 Å². The summed E-state index contributed by atoms with van der Waals surface area (Å²) in [6.07, 6.45) is 4.16. The first-order valence-corrected chi connectivity index (χ1v) is 6.00. The molecular formula is C12H23N2O. The number of nitrogens with zero attached hydrogens (tertiary/aromatic N) is 2. The molecule has 1 saturated heterocycles. The van der Waals surface area contributed by atoms with Gasteiger partial charge in [0.25, 0.3) is 0 Å². The van der Waals surface area contributed by atoms with E-state index in [9.17, 15) is 4.79 Å². The lowest BCUT2D eigenvalue weighted by molar-refractivity contribution is -0.131. The minimum atomic E-state index is 0.274. The maximum Gasteiger partial charge on any atom is 0.222 e. The van der Waals surface area contributed by atoms with Gasteiger partial charge < -0.3 is 4.90 Å². The Bertz CT molecular complexity index is 198. The Morgan fingerprint density at radius 1 is 1.53 bits per heavy atom. The third-order valence-corrected chi connectivity index (χ3v) is 3.25. The van der Waals surface area contributed by atoms with Gasteiger partial charge in [0.1, 0.15) is 0 Å². The van der Waals surface area contributed by atoms with Gasteiger partial charge in [0.15, 0.2) is 0 Å². The van der Waals surface area contributed by atoms with Crippen LogP contribution in [-0.2, 0) is 4.79 Å². The molecule has 1 aliphatic rings. The minimum Gasteiger partial charge on any atom is -0.343 e. The van der Waals surface area contributed by atoms with Gasteiger partial charge in [-0.3, -0.25) is 4.79 Å². The summed E-state index contributed by atoms with van der Waals surface area (Å²) in [5.41, 5.74) is 0. The van der Waals surface area contributed by atoms with E-state index in [0.717, 1.165) is 19.5 Å². The number of rotatable bonds is 4. The smallest absolute Gasteiger partial charge is 0.222 e. The fourth-order valence-corrected chi connectivity index (χ4v) is 1.88. The van der Waals surface area contributed by atoms with Gasteiger partial charge in [-0.1, -0.05) is 0 Å². The van der Waals surface area contributed by atoms with E-state index < -0.39 is 0 Å². The van der Waals surface area contributed by atoms with Gasteiger partial charge in [0.05, 0.1) is 0 Å². The topological polar surface area (TPSA) is 34.4 Å². The number of piperidine rings is 1. The molecule has 0 aromatic rings. The molecule has 1 unspecified atom stereocenters. The third kappa shape index (κ3) is 4.20. The summed E-state index contributed by atoms with van der Waals surface area (Å²) in [5.74, 6) is 0.929. The highest BCUT2D eigenvalue weighted by Gasteiger charge is 2.17. The molecule has 1 heterocycles. The SMILES string of the molecule is CC(C)N(C)C(=O)CCC1CCC[N]C1. The average Bonchev–Trinajstić information content (AvgIpc) is 2.26. The monoisotopic (exact) mass is 211 g/mol. The highest BCUT2D eigenvalue weighted by Crippen LogP contribution is 2.17. The lowest BCUT2D eigenvalue weighted by atomic mass is 9.94. The summed E-state index contributed by atoms with van der Waals surface area (Å²) >= 11 is 0. The molecule has 0 aromatic heterocycles. The molecule has 1 atom stereocenters. The standard InChI is InChI=1S/C12H23N2O/c1-10(2)14(3)12(15)7-6-11-5-4-8-13-9-11/h10-11H,4-9H2,1-3H3. The summed E-state index contributed by atoms with van der Waals surface area (Å²) in [6, 6.07) is 0.313. The Labute approximate surface area is 93.2 Å². The fraction of sp³-hybridized carbons (Fsp3) is 0.917. The third-order valence-electron chi connectivity index (χ3n) is 3.25. The lowest BCUT2D eigenvalue weighted by Crippen LogP contribution is -2.33. The number of hydrogen-bond acceptors (Lipinski definition) is 1. The van der Waals surface area contributed by atoms with Crippen LogP contribution in [0.4, 0.5) is 0 Å². The number of carbonyl (C=O) groups excluding carboxylic acids is 1. The predicted molar refractivity (Wildman–Crippen MR) is 61.7 cm³/mol. The molecule has 0 aliphatic carbocycles. The van der Waals surface area contributed by atoms with E-state index in [1.807, 2.05) is 25.8 Å². The maximum absolute atomic E-state index is 11.7. The van der Waals surface area contributed by atoms with Crippen LogP contribution in [0.5, 0.6) is 0 Å². The molecule has 1 amide bonds. The van der Waals surface area contributed by atoms with Gasteiger partial charge in [-0.2, -0.15) is 0 Å². The van der Waals surface area contributed by atoms with Gasteiger partial charge in [0.2, 0.25) is 5.91 Å². The first-order chi connectivity index (χ1) is 7.11. The Kier molecular flexibility index (Phi) is 5.09. The molecule has 3 nitrogen and oxygen atoms in total. The van der Waals surface area contributed by atoms with Crippen LogP contribution in [-0.4, -0.2) is 37.0 Å². The maximum atomic E-state index is 11.7. The zero-order valence-electron chi connectivity index (χ0n) is 10.2. The van der Waals surface area contributed by atoms with Crippen LogP contribution in [0.25, 0.3) is 0 Å². The van der Waals surface area contributed by atoms with E-state index in [1.54, 1.807) is 0 Å². The summed E-state index contributed by atoms with van der Waals surface area (Å²) in [6.45, 7) is 6.09. The molecule has 0 saturated carbocycles. The quantitative estimate of drug-likeness (QED) is 0.696. The summed E-state index contributed by atoms with van der Waals surface area (Å²) in [5, 5.41) is 4.39. The number of carbonyl (C=O) groups is 1. The zero-order valence-corrected chi connectivity index (χ0v) is 10.2. The first-order valence-electron chi connectivity index (χ1n) is 6.00. The van der Waals surface area contributed by atoms with E-state index in [0.29, 0.717) is 18.4 Å². The predicted octanol–water partition coefficient (Wildman–Crippen LogP) is 1.65. The molecule has 0 aromatic carbocycles. The van der Waals surface area contributed by atoms with Crippen LogP contribution in [0.3, 0.4) is 0 Å². The van der Waals surface area contributed by atoms with Gasteiger partial charge >= 0.3 is 0 Å². The molecule has 1 rings (SSSR count). The van der Waals surface area contributed by atoms with E-state index in [2.05, 4.69) is 5.32 Å². The van der Waals surface area contributed by atoms with Gasteiger partial charge in [0, 0.05) is 32.6 Å². The van der Waals surface area contributed by atoms with Gasteiger partial charge in [-0.05, 0) is 39.0 Å². The largest absolute Gasteiger partial charge is 0.343 e. The van der Waals surface area contributed by atoms with Gasteiger partial charge in [-0.25, -0.2) is 5.32 Å². The van der Waals surface area contributed by atoms with Crippen LogP contribution in [0.1, 0.15) is 39.5 Å². The number of amides is 1. The zero-order chi connectivity index (χ0) is 11.3. The Balaban J connectivity index is 2.20. The highest BCUT2D eigenvalue weighted by atomic mass is 16.2. The molecule has 87 valence electrons. The lowest BCUT2D eigenvalue weighted by Gasteiger charge is -2.24. The second-order valence-electron chi connectivity index (χ2n) is 4.78. The van der Waals surface area contributed by atoms with Crippen LogP contribution in [0.15, 0.2) is 0 Å². The normalized spacial score (nSPS) is 21.7. The molecule has 0 spiro atoms. The second-order valence-corrected chi connectivity index (χ2v) is 4.78. The average molecular weight is 211 g/mol.